The fourth-order valence-electron chi connectivity index (χ4n) is 2.39. The maximum absolute atomic E-state index is 12.4. The molecule has 21 heavy (non-hydrogen) atoms. The Labute approximate surface area is 125 Å². The summed E-state index contributed by atoms with van der Waals surface area (Å²) in [6.45, 7) is 0. The van der Waals surface area contributed by atoms with Gasteiger partial charge in [0.2, 0.25) is 0 Å². The number of hydrogen-bond donors (Lipinski definition) is 2. The van der Waals surface area contributed by atoms with E-state index in [9.17, 15) is 9.59 Å². The molecular weight excluding hydrogens is 288 g/mol. The van der Waals surface area contributed by atoms with Crippen molar-refractivity contribution in [3.63, 3.8) is 0 Å². The van der Waals surface area contributed by atoms with Crippen molar-refractivity contribution in [2.24, 2.45) is 5.92 Å². The smallest absolute Gasteiger partial charge is 0.310 e. The van der Waals surface area contributed by atoms with Gasteiger partial charge in [-0.25, -0.2) is 0 Å². The Hall–Kier alpha value is -2.34. The van der Waals surface area contributed by atoms with Crippen LogP contribution in [0.1, 0.15) is 16.1 Å². The zero-order valence-electron chi connectivity index (χ0n) is 11.1. The molecule has 1 amide bonds. The molecule has 0 bridgehead atoms. The zero-order valence-corrected chi connectivity index (χ0v) is 11.9. The number of amides is 1. The Balaban J connectivity index is 1.72. The Morgan fingerprint density at radius 3 is 2.71 bits per heavy atom. The van der Waals surface area contributed by atoms with E-state index in [1.54, 1.807) is 12.2 Å². The number of carbonyl (C=O) groups is 2. The zero-order chi connectivity index (χ0) is 14.8. The molecule has 2 heterocycles. The molecule has 2 atom stereocenters. The van der Waals surface area contributed by atoms with E-state index in [1.807, 2.05) is 40.5 Å². The van der Waals surface area contributed by atoms with Crippen LogP contribution in [0.4, 0.5) is 0 Å². The minimum Gasteiger partial charge on any atom is -0.481 e. The minimum atomic E-state index is -0.854. The van der Waals surface area contributed by atoms with E-state index in [2.05, 4.69) is 5.32 Å². The van der Waals surface area contributed by atoms with Gasteiger partial charge in [0.05, 0.1) is 11.6 Å². The largest absolute Gasteiger partial charge is 0.481 e. The van der Waals surface area contributed by atoms with Crippen LogP contribution in [0.25, 0.3) is 5.69 Å². The van der Waals surface area contributed by atoms with Gasteiger partial charge in [-0.1, -0.05) is 12.2 Å². The Kier molecular flexibility index (Phi) is 3.62. The number of thiophene rings is 1. The van der Waals surface area contributed by atoms with E-state index in [1.165, 1.54) is 11.3 Å². The molecule has 0 radical (unpaired) electrons. The normalized spacial score (nSPS) is 20.6. The van der Waals surface area contributed by atoms with Gasteiger partial charge in [0.25, 0.3) is 5.91 Å². The fraction of sp³-hybridized carbons (Fsp3) is 0.200. The molecule has 2 aromatic rings. The maximum Gasteiger partial charge on any atom is 0.310 e. The first-order chi connectivity index (χ1) is 10.1. The van der Waals surface area contributed by atoms with E-state index in [0.717, 1.165) is 5.69 Å². The lowest BCUT2D eigenvalue weighted by Gasteiger charge is -2.12. The van der Waals surface area contributed by atoms with Gasteiger partial charge in [-0.05, 0) is 30.0 Å². The van der Waals surface area contributed by atoms with Gasteiger partial charge in [-0.2, -0.15) is 0 Å². The molecule has 0 fully saturated rings. The molecule has 0 spiro atoms. The van der Waals surface area contributed by atoms with Gasteiger partial charge in [0, 0.05) is 18.4 Å². The second-order valence-corrected chi connectivity index (χ2v) is 5.79. The summed E-state index contributed by atoms with van der Waals surface area (Å²) in [5.74, 6) is -1.54. The van der Waals surface area contributed by atoms with Crippen molar-refractivity contribution < 1.29 is 14.7 Å². The summed E-state index contributed by atoms with van der Waals surface area (Å²) in [6.07, 6.45) is 7.56. The van der Waals surface area contributed by atoms with E-state index in [-0.39, 0.29) is 11.9 Å². The molecule has 1 aliphatic rings. The van der Waals surface area contributed by atoms with Crippen molar-refractivity contribution in [3.8, 4) is 5.69 Å². The molecule has 2 N–H and O–H groups in total. The molecule has 2 unspecified atom stereocenters. The molecule has 2 aromatic heterocycles. The quantitative estimate of drug-likeness (QED) is 0.851. The van der Waals surface area contributed by atoms with Gasteiger partial charge < -0.3 is 15.0 Å². The van der Waals surface area contributed by atoms with E-state index >= 15 is 0 Å². The number of rotatable bonds is 4. The van der Waals surface area contributed by atoms with E-state index < -0.39 is 11.9 Å². The predicted molar refractivity (Wildman–Crippen MR) is 79.8 cm³/mol. The summed E-state index contributed by atoms with van der Waals surface area (Å²) < 4.78 is 1.88. The summed E-state index contributed by atoms with van der Waals surface area (Å²) >= 11 is 1.37. The molecular formula is C15H14N2O3S. The Bertz CT molecular complexity index is 688. The van der Waals surface area contributed by atoms with Crippen LogP contribution < -0.4 is 5.32 Å². The van der Waals surface area contributed by atoms with Crippen LogP contribution in [-0.2, 0) is 4.79 Å². The first kappa shape index (κ1) is 13.6. The van der Waals surface area contributed by atoms with Crippen molar-refractivity contribution >= 4 is 23.2 Å². The second kappa shape index (κ2) is 5.57. The van der Waals surface area contributed by atoms with Crippen molar-refractivity contribution in [1.82, 2.24) is 9.88 Å². The Morgan fingerprint density at radius 2 is 2.05 bits per heavy atom. The van der Waals surface area contributed by atoms with Gasteiger partial charge >= 0.3 is 5.97 Å². The highest BCUT2D eigenvalue weighted by Crippen LogP contribution is 2.23. The summed E-state index contributed by atoms with van der Waals surface area (Å²) in [5.41, 5.74) is 0.833. The maximum atomic E-state index is 12.4. The first-order valence-electron chi connectivity index (χ1n) is 6.58. The summed E-state index contributed by atoms with van der Waals surface area (Å²) in [5, 5.41) is 13.7. The second-order valence-electron chi connectivity index (χ2n) is 4.87. The summed E-state index contributed by atoms with van der Waals surface area (Å²) in [6, 6.07) is 5.47. The van der Waals surface area contributed by atoms with E-state index in [4.69, 9.17) is 5.11 Å². The lowest BCUT2D eigenvalue weighted by Crippen LogP contribution is -2.33. The number of carbonyl (C=O) groups excluding carboxylic acids is 1. The lowest BCUT2D eigenvalue weighted by atomic mass is 10.1. The molecule has 6 heteroatoms. The highest BCUT2D eigenvalue weighted by Gasteiger charge is 2.26. The van der Waals surface area contributed by atoms with Crippen LogP contribution in [0.5, 0.6) is 0 Å². The van der Waals surface area contributed by atoms with Crippen molar-refractivity contribution in [2.75, 3.05) is 0 Å². The highest BCUT2D eigenvalue weighted by molar-refractivity contribution is 7.12. The van der Waals surface area contributed by atoms with Crippen molar-refractivity contribution in [2.45, 2.75) is 12.5 Å². The van der Waals surface area contributed by atoms with Crippen LogP contribution in [0.3, 0.4) is 0 Å². The standard InChI is InChI=1S/C15H14N2O3S/c18-14(16-11-4-3-10(9-11)15(19)20)13-12(5-8-21-13)17-6-1-2-7-17/h1-8,10-11H,9H2,(H,16,18)(H,19,20). The predicted octanol–water partition coefficient (Wildman–Crippen LogP) is 2.30. The van der Waals surface area contributed by atoms with Gasteiger partial charge in [-0.3, -0.25) is 9.59 Å². The number of nitrogens with one attached hydrogen (secondary N) is 1. The third-order valence-corrected chi connectivity index (χ3v) is 4.35. The number of aliphatic carboxylic acids is 1. The number of hydrogen-bond acceptors (Lipinski definition) is 3. The summed E-state index contributed by atoms with van der Waals surface area (Å²) in [4.78, 5) is 23.9. The van der Waals surface area contributed by atoms with E-state index in [0.29, 0.717) is 11.3 Å². The number of carboxylic acids is 1. The van der Waals surface area contributed by atoms with Crippen molar-refractivity contribution in [1.29, 1.82) is 0 Å². The van der Waals surface area contributed by atoms with Crippen molar-refractivity contribution in [3.05, 3.63) is 53.0 Å². The van der Waals surface area contributed by atoms with Crippen LogP contribution in [0, 0.1) is 5.92 Å². The fourth-order valence-corrected chi connectivity index (χ4v) is 3.19. The summed E-state index contributed by atoms with van der Waals surface area (Å²) in [7, 11) is 0. The SMILES string of the molecule is O=C(NC1C=CC(C(=O)O)C1)c1sccc1-n1cccc1. The van der Waals surface area contributed by atoms with Gasteiger partial charge in [-0.15, -0.1) is 11.3 Å². The van der Waals surface area contributed by atoms with Gasteiger partial charge in [0.1, 0.15) is 4.88 Å². The molecule has 0 saturated carbocycles. The molecule has 0 saturated heterocycles. The van der Waals surface area contributed by atoms with Gasteiger partial charge in [0.15, 0.2) is 0 Å². The molecule has 0 aromatic carbocycles. The monoisotopic (exact) mass is 302 g/mol. The average Bonchev–Trinajstić information content (AvgIpc) is 3.19. The molecule has 1 aliphatic carbocycles. The number of aromatic nitrogens is 1. The third kappa shape index (κ3) is 2.75. The molecule has 5 nitrogen and oxygen atoms in total. The molecule has 0 aliphatic heterocycles. The third-order valence-electron chi connectivity index (χ3n) is 3.45. The lowest BCUT2D eigenvalue weighted by molar-refractivity contribution is -0.140. The Morgan fingerprint density at radius 1 is 1.29 bits per heavy atom. The van der Waals surface area contributed by atoms with Crippen LogP contribution in [0.2, 0.25) is 0 Å². The van der Waals surface area contributed by atoms with Crippen LogP contribution in [0.15, 0.2) is 48.1 Å². The minimum absolute atomic E-state index is 0.172. The van der Waals surface area contributed by atoms with Crippen LogP contribution in [-0.4, -0.2) is 27.6 Å². The number of nitrogens with zero attached hydrogens (tertiary/aromatic N) is 1. The molecule has 108 valence electrons. The first-order valence-corrected chi connectivity index (χ1v) is 7.46. The van der Waals surface area contributed by atoms with Crippen LogP contribution >= 0.6 is 11.3 Å². The molecule has 3 rings (SSSR count). The average molecular weight is 302 g/mol. The highest BCUT2D eigenvalue weighted by atomic mass is 32.1. The number of carboxylic acid groups (broad SMARTS) is 1. The topological polar surface area (TPSA) is 71.3 Å².